The van der Waals surface area contributed by atoms with Gasteiger partial charge in [0.05, 0.1) is 0 Å². The van der Waals surface area contributed by atoms with Crippen molar-refractivity contribution in [1.82, 2.24) is 10.6 Å². The van der Waals surface area contributed by atoms with Gasteiger partial charge >= 0.3 is 6.03 Å². The van der Waals surface area contributed by atoms with Gasteiger partial charge in [-0.3, -0.25) is 4.79 Å². The molecule has 0 fully saturated rings. The number of hydrogen-bond donors (Lipinski definition) is 3. The summed E-state index contributed by atoms with van der Waals surface area (Å²) in [5.74, 6) is -0.122. The molecule has 2 aromatic carbocycles. The molecule has 0 atom stereocenters. The van der Waals surface area contributed by atoms with Gasteiger partial charge in [-0.2, -0.15) is 0 Å². The van der Waals surface area contributed by atoms with Crippen LogP contribution in [0.1, 0.15) is 23.1 Å². The number of anilines is 1. The highest BCUT2D eigenvalue weighted by Gasteiger charge is 2.05. The number of hydrogen-bond acceptors (Lipinski definition) is 2. The number of carbonyl (C=O) groups is 2. The van der Waals surface area contributed by atoms with Crippen LogP contribution in [0.5, 0.6) is 0 Å². The normalized spacial score (nSPS) is 10.1. The van der Waals surface area contributed by atoms with Crippen LogP contribution < -0.4 is 16.0 Å². The van der Waals surface area contributed by atoms with Gasteiger partial charge in [0.15, 0.2) is 0 Å². The van der Waals surface area contributed by atoms with Crippen molar-refractivity contribution in [1.29, 1.82) is 0 Å². The first-order valence-electron chi connectivity index (χ1n) is 7.97. The van der Waals surface area contributed by atoms with Crippen molar-refractivity contribution in [2.24, 2.45) is 0 Å². The molecule has 2 rings (SSSR count). The lowest BCUT2D eigenvalue weighted by Gasteiger charge is -2.09. The molecule has 3 N–H and O–H groups in total. The standard InChI is InChI=1S/C19H23N3O2/c1-14-10-15(2)12-17(11-14)22-18(23)8-9-20-19(24)21-13-16-6-4-3-5-7-16/h3-7,10-12H,8-9,13H2,1-2H3,(H,22,23)(H2,20,21,24). The molecule has 0 saturated carbocycles. The van der Waals surface area contributed by atoms with Crippen molar-refractivity contribution in [3.05, 3.63) is 65.2 Å². The molecule has 0 aromatic heterocycles. The topological polar surface area (TPSA) is 70.2 Å². The van der Waals surface area contributed by atoms with Gasteiger partial charge in [-0.05, 0) is 42.7 Å². The second-order valence-corrected chi connectivity index (χ2v) is 5.77. The largest absolute Gasteiger partial charge is 0.338 e. The van der Waals surface area contributed by atoms with Gasteiger partial charge in [0.25, 0.3) is 0 Å². The van der Waals surface area contributed by atoms with Gasteiger partial charge in [0.1, 0.15) is 0 Å². The van der Waals surface area contributed by atoms with Crippen LogP contribution in [0.3, 0.4) is 0 Å². The third kappa shape index (κ3) is 6.12. The summed E-state index contributed by atoms with van der Waals surface area (Å²) in [4.78, 5) is 23.6. The van der Waals surface area contributed by atoms with Crippen LogP contribution >= 0.6 is 0 Å². The van der Waals surface area contributed by atoms with E-state index in [1.807, 2.05) is 62.4 Å². The molecule has 0 aliphatic heterocycles. The number of nitrogens with one attached hydrogen (secondary N) is 3. The molecular weight excluding hydrogens is 302 g/mol. The van der Waals surface area contributed by atoms with Crippen molar-refractivity contribution < 1.29 is 9.59 Å². The van der Waals surface area contributed by atoms with E-state index in [4.69, 9.17) is 0 Å². The zero-order chi connectivity index (χ0) is 17.4. The van der Waals surface area contributed by atoms with E-state index in [1.165, 1.54) is 0 Å². The SMILES string of the molecule is Cc1cc(C)cc(NC(=O)CCNC(=O)NCc2ccccc2)c1. The Bertz CT molecular complexity index is 679. The average molecular weight is 325 g/mol. The molecule has 0 saturated heterocycles. The fraction of sp³-hybridized carbons (Fsp3) is 0.263. The zero-order valence-corrected chi connectivity index (χ0v) is 14.1. The number of benzene rings is 2. The monoisotopic (exact) mass is 325 g/mol. The first-order valence-corrected chi connectivity index (χ1v) is 7.97. The minimum Gasteiger partial charge on any atom is -0.338 e. The molecule has 2 aromatic rings. The molecule has 0 aliphatic carbocycles. The van der Waals surface area contributed by atoms with E-state index in [9.17, 15) is 9.59 Å². The summed E-state index contributed by atoms with van der Waals surface area (Å²) in [5.41, 5.74) is 4.01. The van der Waals surface area contributed by atoms with Gasteiger partial charge in [-0.15, -0.1) is 0 Å². The van der Waals surface area contributed by atoms with Crippen molar-refractivity contribution in [3.63, 3.8) is 0 Å². The van der Waals surface area contributed by atoms with E-state index in [1.54, 1.807) is 0 Å². The second kappa shape index (κ2) is 8.72. The summed E-state index contributed by atoms with van der Waals surface area (Å²) in [5, 5.41) is 8.28. The smallest absolute Gasteiger partial charge is 0.315 e. The second-order valence-electron chi connectivity index (χ2n) is 5.77. The summed E-state index contributed by atoms with van der Waals surface area (Å²) in [6.07, 6.45) is 0.228. The third-order valence-electron chi connectivity index (χ3n) is 3.44. The molecule has 126 valence electrons. The van der Waals surface area contributed by atoms with E-state index in [-0.39, 0.29) is 24.9 Å². The number of rotatable bonds is 6. The molecule has 3 amide bonds. The number of carbonyl (C=O) groups excluding carboxylic acids is 2. The molecule has 0 spiro atoms. The van der Waals surface area contributed by atoms with E-state index in [2.05, 4.69) is 16.0 Å². The quantitative estimate of drug-likeness (QED) is 0.763. The van der Waals surface area contributed by atoms with Crippen LogP contribution in [0.25, 0.3) is 0 Å². The Balaban J connectivity index is 1.67. The van der Waals surface area contributed by atoms with Crippen molar-refractivity contribution >= 4 is 17.6 Å². The van der Waals surface area contributed by atoms with E-state index < -0.39 is 0 Å². The Morgan fingerprint density at radius 2 is 1.58 bits per heavy atom. The minimum absolute atomic E-state index is 0.122. The first-order chi connectivity index (χ1) is 11.5. The molecule has 24 heavy (non-hydrogen) atoms. The maximum absolute atomic E-state index is 11.9. The lowest BCUT2D eigenvalue weighted by Crippen LogP contribution is -2.36. The molecule has 5 nitrogen and oxygen atoms in total. The lowest BCUT2D eigenvalue weighted by molar-refractivity contribution is -0.116. The van der Waals surface area contributed by atoms with Gasteiger partial charge in [-0.1, -0.05) is 36.4 Å². The van der Waals surface area contributed by atoms with Crippen LogP contribution in [0.2, 0.25) is 0 Å². The predicted molar refractivity (Wildman–Crippen MR) is 95.8 cm³/mol. The summed E-state index contributed by atoms with van der Waals surface area (Å²) in [7, 11) is 0. The van der Waals surface area contributed by atoms with Crippen LogP contribution in [0.4, 0.5) is 10.5 Å². The molecule has 0 unspecified atom stereocenters. The van der Waals surface area contributed by atoms with Crippen LogP contribution in [0, 0.1) is 13.8 Å². The Labute approximate surface area is 142 Å². The van der Waals surface area contributed by atoms with Gasteiger partial charge in [-0.25, -0.2) is 4.79 Å². The Morgan fingerprint density at radius 3 is 2.25 bits per heavy atom. The van der Waals surface area contributed by atoms with E-state index in [0.29, 0.717) is 6.54 Å². The molecule has 0 aliphatic rings. The van der Waals surface area contributed by atoms with Crippen molar-refractivity contribution in [3.8, 4) is 0 Å². The molecule has 0 bridgehead atoms. The number of amides is 3. The average Bonchev–Trinajstić information content (AvgIpc) is 2.53. The fourth-order valence-electron chi connectivity index (χ4n) is 2.40. The zero-order valence-electron chi connectivity index (χ0n) is 14.1. The third-order valence-corrected chi connectivity index (χ3v) is 3.44. The van der Waals surface area contributed by atoms with Crippen LogP contribution in [-0.2, 0) is 11.3 Å². The Hall–Kier alpha value is -2.82. The van der Waals surface area contributed by atoms with Crippen LogP contribution in [-0.4, -0.2) is 18.5 Å². The summed E-state index contributed by atoms with van der Waals surface area (Å²) >= 11 is 0. The molecule has 0 heterocycles. The molecular formula is C19H23N3O2. The summed E-state index contributed by atoms with van der Waals surface area (Å²) in [6, 6.07) is 15.3. The highest BCUT2D eigenvalue weighted by molar-refractivity contribution is 5.91. The highest BCUT2D eigenvalue weighted by Crippen LogP contribution is 2.13. The van der Waals surface area contributed by atoms with E-state index >= 15 is 0 Å². The van der Waals surface area contributed by atoms with E-state index in [0.717, 1.165) is 22.4 Å². The Kier molecular flexibility index (Phi) is 6.37. The van der Waals surface area contributed by atoms with Crippen molar-refractivity contribution in [2.75, 3.05) is 11.9 Å². The molecule has 5 heteroatoms. The minimum atomic E-state index is -0.280. The maximum Gasteiger partial charge on any atom is 0.315 e. The highest BCUT2D eigenvalue weighted by atomic mass is 16.2. The summed E-state index contributed by atoms with van der Waals surface area (Å²) in [6.45, 7) is 4.72. The Morgan fingerprint density at radius 1 is 0.917 bits per heavy atom. The van der Waals surface area contributed by atoms with Crippen molar-refractivity contribution in [2.45, 2.75) is 26.8 Å². The summed E-state index contributed by atoms with van der Waals surface area (Å²) < 4.78 is 0. The number of urea groups is 1. The molecule has 0 radical (unpaired) electrons. The first kappa shape index (κ1) is 17.5. The van der Waals surface area contributed by atoms with Crippen LogP contribution in [0.15, 0.2) is 48.5 Å². The fourth-order valence-corrected chi connectivity index (χ4v) is 2.40. The maximum atomic E-state index is 11.9. The van der Waals surface area contributed by atoms with Gasteiger partial charge < -0.3 is 16.0 Å². The van der Waals surface area contributed by atoms with Gasteiger partial charge in [0, 0.05) is 25.2 Å². The predicted octanol–water partition coefficient (Wildman–Crippen LogP) is 3.13. The van der Waals surface area contributed by atoms with Gasteiger partial charge in [0.2, 0.25) is 5.91 Å². The lowest BCUT2D eigenvalue weighted by atomic mass is 10.1. The number of aryl methyl sites for hydroxylation is 2.